The molecule has 2 aromatic carbocycles. The van der Waals surface area contributed by atoms with Gasteiger partial charge in [-0.2, -0.15) is 0 Å². The van der Waals surface area contributed by atoms with Crippen LogP contribution in [0.4, 0.5) is 11.4 Å². The van der Waals surface area contributed by atoms with Gasteiger partial charge in [0.2, 0.25) is 11.8 Å². The summed E-state index contributed by atoms with van der Waals surface area (Å²) >= 11 is 3.38. The van der Waals surface area contributed by atoms with Crippen LogP contribution in [-0.4, -0.2) is 25.0 Å². The van der Waals surface area contributed by atoms with E-state index in [1.807, 2.05) is 54.3 Å². The van der Waals surface area contributed by atoms with E-state index in [1.165, 1.54) is 0 Å². The summed E-state index contributed by atoms with van der Waals surface area (Å²) < 4.78 is 6.63. The highest BCUT2D eigenvalue weighted by molar-refractivity contribution is 9.10. The maximum Gasteiger partial charge on any atom is 0.227 e. The molecule has 27 heavy (non-hydrogen) atoms. The predicted molar refractivity (Wildman–Crippen MR) is 110 cm³/mol. The van der Waals surface area contributed by atoms with Crippen molar-refractivity contribution < 1.29 is 14.3 Å². The van der Waals surface area contributed by atoms with Crippen molar-refractivity contribution in [3.8, 4) is 5.75 Å². The number of hydrogen-bond acceptors (Lipinski definition) is 3. The fourth-order valence-electron chi connectivity index (χ4n) is 3.12. The van der Waals surface area contributed by atoms with E-state index in [4.69, 9.17) is 4.74 Å². The lowest BCUT2D eigenvalue weighted by Crippen LogP contribution is -2.24. The average molecular weight is 431 g/mol. The maximum absolute atomic E-state index is 12.1. The van der Waals surface area contributed by atoms with E-state index in [9.17, 15) is 9.59 Å². The van der Waals surface area contributed by atoms with Crippen molar-refractivity contribution in [2.45, 2.75) is 32.6 Å². The standard InChI is InChI=1S/C21H23BrN2O3/c1-15-14-17(8-11-19(15)24-12-2-5-21(24)26)23-20(25)4-3-13-27-18-9-6-16(22)7-10-18/h6-11,14H,2-5,12-13H2,1H3,(H,23,25). The third-order valence-electron chi connectivity index (χ3n) is 4.48. The topological polar surface area (TPSA) is 58.6 Å². The predicted octanol–water partition coefficient (Wildman–Crippen LogP) is 4.68. The molecule has 0 aromatic heterocycles. The number of benzene rings is 2. The second kappa shape index (κ2) is 9.04. The highest BCUT2D eigenvalue weighted by atomic mass is 79.9. The molecule has 1 N–H and O–H groups in total. The highest BCUT2D eigenvalue weighted by Crippen LogP contribution is 2.27. The molecule has 1 heterocycles. The summed E-state index contributed by atoms with van der Waals surface area (Å²) in [5.41, 5.74) is 2.67. The number of hydrogen-bond donors (Lipinski definition) is 1. The lowest BCUT2D eigenvalue weighted by Gasteiger charge is -2.19. The minimum atomic E-state index is -0.0428. The lowest BCUT2D eigenvalue weighted by molar-refractivity contribution is -0.117. The number of rotatable bonds is 7. The summed E-state index contributed by atoms with van der Waals surface area (Å²) in [6, 6.07) is 13.3. The number of ether oxygens (including phenoxy) is 1. The van der Waals surface area contributed by atoms with Crippen LogP contribution in [0.25, 0.3) is 0 Å². The summed E-state index contributed by atoms with van der Waals surface area (Å²) in [6.45, 7) is 3.22. The molecule has 2 aromatic rings. The third-order valence-corrected chi connectivity index (χ3v) is 5.00. The molecule has 1 aliphatic rings. The van der Waals surface area contributed by atoms with E-state index < -0.39 is 0 Å². The number of halogens is 1. The first-order chi connectivity index (χ1) is 13.0. The van der Waals surface area contributed by atoms with Crippen LogP contribution in [-0.2, 0) is 9.59 Å². The highest BCUT2D eigenvalue weighted by Gasteiger charge is 2.22. The first kappa shape index (κ1) is 19.4. The Morgan fingerprint density at radius 3 is 2.67 bits per heavy atom. The first-order valence-corrected chi connectivity index (χ1v) is 9.91. The van der Waals surface area contributed by atoms with Crippen LogP contribution in [0.1, 0.15) is 31.2 Å². The second-order valence-corrected chi connectivity index (χ2v) is 7.52. The Balaban J connectivity index is 1.45. The summed E-state index contributed by atoms with van der Waals surface area (Å²) in [4.78, 5) is 25.9. The minimum Gasteiger partial charge on any atom is -0.494 e. The normalized spacial score (nSPS) is 13.7. The summed E-state index contributed by atoms with van der Waals surface area (Å²) in [7, 11) is 0. The molecule has 142 valence electrons. The second-order valence-electron chi connectivity index (χ2n) is 6.60. The molecule has 0 atom stereocenters. The SMILES string of the molecule is Cc1cc(NC(=O)CCCOc2ccc(Br)cc2)ccc1N1CCCC1=O. The molecule has 0 bridgehead atoms. The van der Waals surface area contributed by atoms with E-state index in [2.05, 4.69) is 21.2 Å². The van der Waals surface area contributed by atoms with Gasteiger partial charge in [-0.1, -0.05) is 15.9 Å². The zero-order valence-corrected chi connectivity index (χ0v) is 16.9. The molecule has 0 radical (unpaired) electrons. The van der Waals surface area contributed by atoms with Crippen LogP contribution in [0.15, 0.2) is 46.9 Å². The summed E-state index contributed by atoms with van der Waals surface area (Å²) in [6.07, 6.45) is 2.54. The van der Waals surface area contributed by atoms with E-state index >= 15 is 0 Å². The molecule has 0 spiro atoms. The van der Waals surface area contributed by atoms with Gasteiger partial charge in [0.15, 0.2) is 0 Å². The van der Waals surface area contributed by atoms with Crippen LogP contribution < -0.4 is 15.0 Å². The summed E-state index contributed by atoms with van der Waals surface area (Å²) in [5, 5.41) is 2.91. The van der Waals surface area contributed by atoms with Crippen molar-refractivity contribution in [1.29, 1.82) is 0 Å². The third kappa shape index (κ3) is 5.32. The molecule has 6 heteroatoms. The zero-order valence-electron chi connectivity index (χ0n) is 15.3. The molecule has 3 rings (SSSR count). The molecule has 0 saturated carbocycles. The largest absolute Gasteiger partial charge is 0.494 e. The van der Waals surface area contributed by atoms with E-state index in [0.717, 1.165) is 40.1 Å². The van der Waals surface area contributed by atoms with E-state index in [1.54, 1.807) is 0 Å². The van der Waals surface area contributed by atoms with Crippen molar-refractivity contribution in [1.82, 2.24) is 0 Å². The Labute approximate surface area is 167 Å². The van der Waals surface area contributed by atoms with Crippen LogP contribution in [0, 0.1) is 6.92 Å². The molecule has 1 aliphatic heterocycles. The number of carbonyl (C=O) groups is 2. The molecular formula is C21H23BrN2O3. The smallest absolute Gasteiger partial charge is 0.227 e. The molecule has 1 fully saturated rings. The molecule has 0 unspecified atom stereocenters. The van der Waals surface area contributed by atoms with Gasteiger partial charge in [-0.3, -0.25) is 9.59 Å². The van der Waals surface area contributed by atoms with Crippen LogP contribution in [0.2, 0.25) is 0 Å². The minimum absolute atomic E-state index is 0.0428. The van der Waals surface area contributed by atoms with Gasteiger partial charge in [-0.15, -0.1) is 0 Å². The number of amides is 2. The van der Waals surface area contributed by atoms with E-state index in [0.29, 0.717) is 25.9 Å². The van der Waals surface area contributed by atoms with Crippen molar-refractivity contribution in [3.05, 3.63) is 52.5 Å². The molecular weight excluding hydrogens is 408 g/mol. The number of nitrogens with zero attached hydrogens (tertiary/aromatic N) is 1. The van der Waals surface area contributed by atoms with Crippen molar-refractivity contribution >= 4 is 39.1 Å². The van der Waals surface area contributed by atoms with Gasteiger partial charge in [0.1, 0.15) is 5.75 Å². The number of aryl methyl sites for hydroxylation is 1. The fraction of sp³-hybridized carbons (Fsp3) is 0.333. The van der Waals surface area contributed by atoms with Gasteiger partial charge in [-0.05, 0) is 67.8 Å². The van der Waals surface area contributed by atoms with Gasteiger partial charge < -0.3 is 15.0 Å². The number of anilines is 2. The van der Waals surface area contributed by atoms with Crippen LogP contribution >= 0.6 is 15.9 Å². The van der Waals surface area contributed by atoms with Gasteiger partial charge >= 0.3 is 0 Å². The monoisotopic (exact) mass is 430 g/mol. The summed E-state index contributed by atoms with van der Waals surface area (Å²) in [5.74, 6) is 0.917. The van der Waals surface area contributed by atoms with Gasteiger partial charge in [0.05, 0.1) is 6.61 Å². The van der Waals surface area contributed by atoms with E-state index in [-0.39, 0.29) is 11.8 Å². The quantitative estimate of drug-likeness (QED) is 0.648. The Hall–Kier alpha value is -2.34. The molecule has 1 saturated heterocycles. The van der Waals surface area contributed by atoms with Crippen LogP contribution in [0.5, 0.6) is 5.75 Å². The van der Waals surface area contributed by atoms with Gasteiger partial charge in [0, 0.05) is 35.2 Å². The number of carbonyl (C=O) groups excluding carboxylic acids is 2. The number of nitrogens with one attached hydrogen (secondary N) is 1. The van der Waals surface area contributed by atoms with Crippen molar-refractivity contribution in [3.63, 3.8) is 0 Å². The lowest BCUT2D eigenvalue weighted by atomic mass is 10.1. The van der Waals surface area contributed by atoms with Gasteiger partial charge in [-0.25, -0.2) is 0 Å². The Kier molecular flexibility index (Phi) is 6.50. The van der Waals surface area contributed by atoms with Crippen molar-refractivity contribution in [2.75, 3.05) is 23.4 Å². The van der Waals surface area contributed by atoms with Crippen LogP contribution in [0.3, 0.4) is 0 Å². The molecule has 5 nitrogen and oxygen atoms in total. The Morgan fingerprint density at radius 1 is 1.22 bits per heavy atom. The first-order valence-electron chi connectivity index (χ1n) is 9.12. The fourth-order valence-corrected chi connectivity index (χ4v) is 3.38. The molecule has 0 aliphatic carbocycles. The molecule has 2 amide bonds. The Morgan fingerprint density at radius 2 is 2.00 bits per heavy atom. The van der Waals surface area contributed by atoms with Gasteiger partial charge in [0.25, 0.3) is 0 Å². The average Bonchev–Trinajstić information content (AvgIpc) is 3.06. The zero-order chi connectivity index (χ0) is 19.2. The Bertz CT molecular complexity index is 821. The maximum atomic E-state index is 12.1. The van der Waals surface area contributed by atoms with Crippen molar-refractivity contribution in [2.24, 2.45) is 0 Å².